The lowest BCUT2D eigenvalue weighted by Crippen LogP contribution is -2.24. The standard InChI is InChI=1S/C15H10FN5O5PS3.H3N/c16-12-3-10(2-1-9(12)6-17)26-27(22)25-8-20-30(23,24)15-5-14-13(29-15)4-11(28-14)7-19-21-18;/h1-5,20H,7-8H2;1H3/q+1;. The number of thiophene rings is 2. The zero-order chi connectivity index (χ0) is 21.7. The molecule has 2 heterocycles. The third-order valence-electron chi connectivity index (χ3n) is 3.45. The number of fused-ring (bicyclic) bond motifs is 1. The summed E-state index contributed by atoms with van der Waals surface area (Å²) in [5.41, 5.74) is 8.15. The van der Waals surface area contributed by atoms with Gasteiger partial charge in [0.15, 0.2) is 12.5 Å². The third kappa shape index (κ3) is 6.17. The summed E-state index contributed by atoms with van der Waals surface area (Å²) < 4.78 is 63.3. The molecule has 0 amide bonds. The number of nitrogens with one attached hydrogen (secondary N) is 1. The van der Waals surface area contributed by atoms with Gasteiger partial charge in [0.1, 0.15) is 16.1 Å². The molecule has 0 fully saturated rings. The van der Waals surface area contributed by atoms with E-state index in [0.717, 1.165) is 37.7 Å². The van der Waals surface area contributed by atoms with Gasteiger partial charge in [-0.15, -0.1) is 22.7 Å². The van der Waals surface area contributed by atoms with E-state index in [-0.39, 0.29) is 28.2 Å². The first-order chi connectivity index (χ1) is 14.3. The quantitative estimate of drug-likeness (QED) is 0.136. The van der Waals surface area contributed by atoms with Gasteiger partial charge in [-0.05, 0) is 29.8 Å². The van der Waals surface area contributed by atoms with E-state index >= 15 is 0 Å². The molecule has 0 radical (unpaired) electrons. The van der Waals surface area contributed by atoms with E-state index < -0.39 is 30.8 Å². The molecule has 162 valence electrons. The highest BCUT2D eigenvalue weighted by Gasteiger charge is 2.26. The average Bonchev–Trinajstić information content (AvgIpc) is 3.25. The fourth-order valence-electron chi connectivity index (χ4n) is 2.16. The van der Waals surface area contributed by atoms with Crippen molar-refractivity contribution in [2.45, 2.75) is 10.8 Å². The molecule has 0 spiro atoms. The normalized spacial score (nSPS) is 11.3. The number of rotatable bonds is 9. The number of benzene rings is 1. The Kier molecular flexibility index (Phi) is 8.40. The van der Waals surface area contributed by atoms with Crippen LogP contribution in [0.15, 0.2) is 39.7 Å². The Morgan fingerprint density at radius 3 is 2.68 bits per heavy atom. The molecular formula is C15H13FN6O5PS3+. The summed E-state index contributed by atoms with van der Waals surface area (Å²) >= 11 is 2.33. The van der Waals surface area contributed by atoms with Gasteiger partial charge in [-0.3, -0.25) is 0 Å². The molecular weight excluding hydrogens is 490 g/mol. The third-order valence-corrected chi connectivity index (χ3v) is 8.28. The van der Waals surface area contributed by atoms with Crippen LogP contribution in [-0.4, -0.2) is 15.1 Å². The molecule has 4 N–H and O–H groups in total. The summed E-state index contributed by atoms with van der Waals surface area (Å²) in [5, 5.41) is 12.1. The van der Waals surface area contributed by atoms with Crippen LogP contribution in [0.1, 0.15) is 10.4 Å². The summed E-state index contributed by atoms with van der Waals surface area (Å²) in [6.45, 7) is -0.448. The number of hydrogen-bond donors (Lipinski definition) is 2. The SMILES string of the molecule is N.N#Cc1ccc(O[P+](=O)OCNS(=O)(=O)c2cc3sc(CN=[N+]=[N-])cc3s2)cc1F. The first-order valence-corrected chi connectivity index (χ1v) is 12.0. The Morgan fingerprint density at radius 1 is 1.29 bits per heavy atom. The molecule has 0 aliphatic carbocycles. The molecule has 0 bridgehead atoms. The van der Waals surface area contributed by atoms with Crippen LogP contribution in [0.3, 0.4) is 0 Å². The zero-order valence-corrected chi connectivity index (χ0v) is 18.7. The van der Waals surface area contributed by atoms with Crippen molar-refractivity contribution >= 4 is 50.4 Å². The van der Waals surface area contributed by atoms with E-state index in [9.17, 15) is 17.4 Å². The van der Waals surface area contributed by atoms with Crippen LogP contribution in [0, 0.1) is 17.1 Å². The summed E-state index contributed by atoms with van der Waals surface area (Å²) in [4.78, 5) is 3.49. The predicted octanol–water partition coefficient (Wildman–Crippen LogP) is 4.93. The molecule has 1 atom stereocenters. The lowest BCUT2D eigenvalue weighted by molar-refractivity contribution is 0.282. The second-order valence-electron chi connectivity index (χ2n) is 5.39. The van der Waals surface area contributed by atoms with Crippen molar-refractivity contribution in [3.63, 3.8) is 0 Å². The van der Waals surface area contributed by atoms with Gasteiger partial charge in [0.05, 0.1) is 12.1 Å². The smallest absolute Gasteiger partial charge is 0.344 e. The van der Waals surface area contributed by atoms with Gasteiger partial charge < -0.3 is 6.15 Å². The van der Waals surface area contributed by atoms with E-state index in [1.807, 2.05) is 0 Å². The molecule has 0 saturated carbocycles. The minimum atomic E-state index is -3.92. The molecule has 2 aromatic heterocycles. The monoisotopic (exact) mass is 503 g/mol. The van der Waals surface area contributed by atoms with E-state index in [2.05, 4.69) is 14.7 Å². The molecule has 3 rings (SSSR count). The largest absolute Gasteiger partial charge is 0.751 e. The van der Waals surface area contributed by atoms with Crippen LogP contribution in [0.5, 0.6) is 5.75 Å². The molecule has 1 unspecified atom stereocenters. The number of nitriles is 1. The molecule has 1 aromatic carbocycles. The van der Waals surface area contributed by atoms with Gasteiger partial charge in [0.2, 0.25) is 0 Å². The molecule has 3 aromatic rings. The maximum Gasteiger partial charge on any atom is 0.751 e. The lowest BCUT2D eigenvalue weighted by Gasteiger charge is -2.00. The molecule has 16 heteroatoms. The summed E-state index contributed by atoms with van der Waals surface area (Å²) in [6.07, 6.45) is 0. The minimum absolute atomic E-state index is 0. The maximum atomic E-state index is 13.5. The highest BCUT2D eigenvalue weighted by atomic mass is 32.2. The Bertz CT molecular complexity index is 1280. The van der Waals surface area contributed by atoms with Crippen molar-refractivity contribution in [3.8, 4) is 11.8 Å². The van der Waals surface area contributed by atoms with Crippen LogP contribution in [0.2, 0.25) is 0 Å². The highest BCUT2D eigenvalue weighted by Crippen LogP contribution is 2.36. The van der Waals surface area contributed by atoms with Crippen LogP contribution < -0.4 is 15.4 Å². The second-order valence-corrected chi connectivity index (χ2v) is 10.5. The van der Waals surface area contributed by atoms with Gasteiger partial charge >= 0.3 is 8.25 Å². The van der Waals surface area contributed by atoms with E-state index in [1.165, 1.54) is 23.5 Å². The van der Waals surface area contributed by atoms with Crippen LogP contribution in [0.4, 0.5) is 4.39 Å². The molecule has 0 saturated heterocycles. The Labute approximate surface area is 184 Å². The van der Waals surface area contributed by atoms with Gasteiger partial charge in [0, 0.05) is 29.8 Å². The fraction of sp³-hybridized carbons (Fsp3) is 0.133. The van der Waals surface area contributed by atoms with Crippen molar-refractivity contribution in [2.75, 3.05) is 6.73 Å². The first kappa shape index (κ1) is 24.6. The van der Waals surface area contributed by atoms with Gasteiger partial charge in [-0.25, -0.2) is 17.3 Å². The van der Waals surface area contributed by atoms with Crippen molar-refractivity contribution in [1.29, 1.82) is 5.26 Å². The minimum Gasteiger partial charge on any atom is -0.344 e. The van der Waals surface area contributed by atoms with E-state index in [4.69, 9.17) is 19.8 Å². The van der Waals surface area contributed by atoms with Crippen molar-refractivity contribution < 1.29 is 26.4 Å². The highest BCUT2D eigenvalue weighted by molar-refractivity contribution is 7.91. The number of halogens is 1. The number of azide groups is 1. The number of hydrogen-bond acceptors (Lipinski definition) is 10. The summed E-state index contributed by atoms with van der Waals surface area (Å²) in [7, 11) is -6.70. The van der Waals surface area contributed by atoms with Crippen molar-refractivity contribution in [1.82, 2.24) is 10.9 Å². The van der Waals surface area contributed by atoms with Gasteiger partial charge in [-0.1, -0.05) is 9.64 Å². The molecule has 0 aliphatic rings. The van der Waals surface area contributed by atoms with Crippen LogP contribution in [-0.2, 0) is 25.7 Å². The zero-order valence-electron chi connectivity index (χ0n) is 15.4. The van der Waals surface area contributed by atoms with Crippen LogP contribution in [0.25, 0.3) is 19.8 Å². The maximum absolute atomic E-state index is 13.5. The molecule has 11 nitrogen and oxygen atoms in total. The topological polar surface area (TPSA) is 189 Å². The summed E-state index contributed by atoms with van der Waals surface area (Å²) in [6, 6.07) is 8.11. The summed E-state index contributed by atoms with van der Waals surface area (Å²) in [5.74, 6) is -0.982. The molecule has 31 heavy (non-hydrogen) atoms. The van der Waals surface area contributed by atoms with Gasteiger partial charge in [-0.2, -0.15) is 9.98 Å². The Hall–Kier alpha value is -2.66. The Morgan fingerprint density at radius 2 is 2.03 bits per heavy atom. The lowest BCUT2D eigenvalue weighted by atomic mass is 10.2. The number of nitrogens with zero attached hydrogens (tertiary/aromatic N) is 4. The second kappa shape index (κ2) is 10.6. The average molecular weight is 503 g/mol. The Balaban J connectivity index is 0.00000341. The van der Waals surface area contributed by atoms with E-state index in [1.54, 1.807) is 12.1 Å². The predicted molar refractivity (Wildman–Crippen MR) is 113 cm³/mol. The first-order valence-electron chi connectivity index (χ1n) is 7.83. The van der Waals surface area contributed by atoms with Crippen LogP contribution >= 0.6 is 30.9 Å². The number of sulfonamides is 1. The van der Waals surface area contributed by atoms with Gasteiger partial charge in [0.25, 0.3) is 10.0 Å². The fourth-order valence-corrected chi connectivity index (χ4v) is 6.41. The van der Waals surface area contributed by atoms with Crippen molar-refractivity contribution in [2.24, 2.45) is 5.11 Å². The van der Waals surface area contributed by atoms with Crippen molar-refractivity contribution in [3.05, 3.63) is 57.0 Å². The van der Waals surface area contributed by atoms with E-state index in [0.29, 0.717) is 0 Å². The molecule has 0 aliphatic heterocycles.